The molecule has 5 nitrogen and oxygen atoms in total. The Bertz CT molecular complexity index is 853. The summed E-state index contributed by atoms with van der Waals surface area (Å²) in [7, 11) is 3.44. The second kappa shape index (κ2) is 6.88. The van der Waals surface area contributed by atoms with Crippen LogP contribution in [0.25, 0.3) is 11.1 Å². The fraction of sp³-hybridized carbons (Fsp3) is 0.222. The van der Waals surface area contributed by atoms with E-state index >= 15 is 0 Å². The molecular formula is C18H19N3O2S. The molecule has 0 saturated carbocycles. The van der Waals surface area contributed by atoms with E-state index in [1.807, 2.05) is 43.6 Å². The van der Waals surface area contributed by atoms with Crippen molar-refractivity contribution < 1.29 is 9.53 Å². The molecule has 0 unspecified atom stereocenters. The lowest BCUT2D eigenvalue weighted by atomic mass is 10.0. The van der Waals surface area contributed by atoms with Crippen molar-refractivity contribution in [2.45, 2.75) is 13.5 Å². The van der Waals surface area contributed by atoms with Crippen LogP contribution in [0.15, 0.2) is 42.9 Å². The number of thiazole rings is 1. The van der Waals surface area contributed by atoms with E-state index in [2.05, 4.69) is 9.97 Å². The van der Waals surface area contributed by atoms with Crippen LogP contribution in [0.2, 0.25) is 0 Å². The molecule has 24 heavy (non-hydrogen) atoms. The number of amides is 1. The maximum Gasteiger partial charge on any atom is 0.256 e. The summed E-state index contributed by atoms with van der Waals surface area (Å²) >= 11 is 1.61. The summed E-state index contributed by atoms with van der Waals surface area (Å²) in [6.07, 6.45) is 5.40. The van der Waals surface area contributed by atoms with Crippen LogP contribution in [0.5, 0.6) is 5.75 Å². The number of rotatable bonds is 5. The van der Waals surface area contributed by atoms with E-state index in [9.17, 15) is 4.79 Å². The number of H-pyrrole nitrogens is 1. The maximum atomic E-state index is 12.8. The second-order valence-electron chi connectivity index (χ2n) is 5.52. The number of benzene rings is 1. The molecule has 1 aromatic carbocycles. The first-order valence-electron chi connectivity index (χ1n) is 7.56. The Labute approximate surface area is 144 Å². The van der Waals surface area contributed by atoms with Crippen LogP contribution in [0.3, 0.4) is 0 Å². The standard InChI is InChI=1S/C18H19N3O2S/c1-12-20-8-15(24-12)11-21(2)18(22)17-10-19-9-16(17)13-5-4-6-14(7-13)23-3/h4-10,19H,11H2,1-3H3. The van der Waals surface area contributed by atoms with Crippen LogP contribution in [0.4, 0.5) is 0 Å². The molecule has 124 valence electrons. The number of hydrogen-bond acceptors (Lipinski definition) is 4. The molecule has 6 heteroatoms. The van der Waals surface area contributed by atoms with E-state index < -0.39 is 0 Å². The van der Waals surface area contributed by atoms with Gasteiger partial charge in [-0.05, 0) is 24.6 Å². The highest BCUT2D eigenvalue weighted by Crippen LogP contribution is 2.28. The lowest BCUT2D eigenvalue weighted by Crippen LogP contribution is -2.25. The quantitative estimate of drug-likeness (QED) is 0.769. The summed E-state index contributed by atoms with van der Waals surface area (Å²) in [5.74, 6) is 0.737. The van der Waals surface area contributed by atoms with Crippen LogP contribution < -0.4 is 4.74 Å². The molecule has 0 fully saturated rings. The molecule has 0 radical (unpaired) electrons. The van der Waals surface area contributed by atoms with Gasteiger partial charge < -0.3 is 14.6 Å². The minimum absolute atomic E-state index is 0.0277. The molecule has 0 aliphatic heterocycles. The molecule has 3 rings (SSSR count). The average molecular weight is 341 g/mol. The molecule has 2 heterocycles. The Morgan fingerprint density at radius 2 is 2.21 bits per heavy atom. The van der Waals surface area contributed by atoms with Gasteiger partial charge in [0.1, 0.15) is 5.75 Å². The highest BCUT2D eigenvalue weighted by Gasteiger charge is 2.19. The Morgan fingerprint density at radius 3 is 2.92 bits per heavy atom. The molecule has 0 bridgehead atoms. The smallest absolute Gasteiger partial charge is 0.256 e. The molecule has 2 aromatic heterocycles. The van der Waals surface area contributed by atoms with E-state index in [0.29, 0.717) is 12.1 Å². The minimum atomic E-state index is -0.0277. The third-order valence-electron chi connectivity index (χ3n) is 3.77. The molecule has 0 aliphatic rings. The Kier molecular flexibility index (Phi) is 4.66. The average Bonchev–Trinajstić information content (AvgIpc) is 3.23. The zero-order chi connectivity index (χ0) is 17.1. The number of ether oxygens (including phenoxy) is 1. The summed E-state index contributed by atoms with van der Waals surface area (Å²) in [5.41, 5.74) is 2.46. The van der Waals surface area contributed by atoms with Gasteiger partial charge in [-0.1, -0.05) is 12.1 Å². The largest absolute Gasteiger partial charge is 0.497 e. The summed E-state index contributed by atoms with van der Waals surface area (Å²) < 4.78 is 5.27. The van der Waals surface area contributed by atoms with Crippen LogP contribution in [-0.2, 0) is 6.54 Å². The second-order valence-corrected chi connectivity index (χ2v) is 6.84. The zero-order valence-electron chi connectivity index (χ0n) is 13.9. The number of aryl methyl sites for hydroxylation is 1. The summed E-state index contributed by atoms with van der Waals surface area (Å²) in [6, 6.07) is 7.69. The van der Waals surface area contributed by atoms with Crippen molar-refractivity contribution in [2.24, 2.45) is 0 Å². The van der Waals surface area contributed by atoms with Crippen LogP contribution >= 0.6 is 11.3 Å². The lowest BCUT2D eigenvalue weighted by Gasteiger charge is -2.16. The van der Waals surface area contributed by atoms with E-state index in [4.69, 9.17) is 4.74 Å². The fourth-order valence-corrected chi connectivity index (χ4v) is 3.41. The van der Waals surface area contributed by atoms with Gasteiger partial charge in [-0.25, -0.2) is 4.98 Å². The van der Waals surface area contributed by atoms with Crippen LogP contribution in [0, 0.1) is 6.92 Å². The first-order valence-corrected chi connectivity index (χ1v) is 8.38. The number of carbonyl (C=O) groups excluding carboxylic acids is 1. The van der Waals surface area contributed by atoms with Gasteiger partial charge in [-0.15, -0.1) is 11.3 Å². The monoisotopic (exact) mass is 341 g/mol. The van der Waals surface area contributed by atoms with Gasteiger partial charge in [0.15, 0.2) is 0 Å². The third-order valence-corrected chi connectivity index (χ3v) is 4.66. The minimum Gasteiger partial charge on any atom is -0.497 e. The van der Waals surface area contributed by atoms with Gasteiger partial charge in [-0.2, -0.15) is 0 Å². The summed E-state index contributed by atoms with van der Waals surface area (Å²) in [4.78, 5) is 22.9. The molecule has 0 atom stereocenters. The molecule has 1 N–H and O–H groups in total. The SMILES string of the molecule is COc1cccc(-c2c[nH]cc2C(=O)N(C)Cc2cnc(C)s2)c1. The van der Waals surface area contributed by atoms with Gasteiger partial charge in [0.2, 0.25) is 0 Å². The molecule has 3 aromatic rings. The van der Waals surface area contributed by atoms with Crippen LogP contribution in [0.1, 0.15) is 20.2 Å². The highest BCUT2D eigenvalue weighted by atomic mass is 32.1. The lowest BCUT2D eigenvalue weighted by molar-refractivity contribution is 0.0787. The van der Waals surface area contributed by atoms with Crippen molar-refractivity contribution in [2.75, 3.05) is 14.2 Å². The van der Waals surface area contributed by atoms with Crippen LogP contribution in [-0.4, -0.2) is 34.9 Å². The van der Waals surface area contributed by atoms with E-state index in [0.717, 1.165) is 26.8 Å². The predicted octanol–water partition coefficient (Wildman–Crippen LogP) is 3.73. The number of aromatic amines is 1. The van der Waals surface area contributed by atoms with Gasteiger partial charge in [-0.3, -0.25) is 4.79 Å². The number of methoxy groups -OCH3 is 1. The van der Waals surface area contributed by atoms with Crippen molar-refractivity contribution in [3.05, 3.63) is 58.3 Å². The number of aromatic nitrogens is 2. The van der Waals surface area contributed by atoms with Gasteiger partial charge in [0.05, 0.1) is 24.2 Å². The number of nitrogens with zero attached hydrogens (tertiary/aromatic N) is 2. The van der Waals surface area contributed by atoms with Crippen molar-refractivity contribution in [3.63, 3.8) is 0 Å². The molecule has 0 spiro atoms. The summed E-state index contributed by atoms with van der Waals surface area (Å²) in [6.45, 7) is 2.51. The summed E-state index contributed by atoms with van der Waals surface area (Å²) in [5, 5.41) is 1.00. The van der Waals surface area contributed by atoms with Gasteiger partial charge >= 0.3 is 0 Å². The van der Waals surface area contributed by atoms with Crippen molar-refractivity contribution in [3.8, 4) is 16.9 Å². The zero-order valence-corrected chi connectivity index (χ0v) is 14.7. The number of hydrogen-bond donors (Lipinski definition) is 1. The van der Waals surface area contributed by atoms with Crippen molar-refractivity contribution in [1.29, 1.82) is 0 Å². The normalized spacial score (nSPS) is 10.6. The predicted molar refractivity (Wildman–Crippen MR) is 95.4 cm³/mol. The van der Waals surface area contributed by atoms with E-state index in [-0.39, 0.29) is 5.91 Å². The fourth-order valence-electron chi connectivity index (χ4n) is 2.56. The first kappa shape index (κ1) is 16.3. The Hall–Kier alpha value is -2.60. The van der Waals surface area contributed by atoms with Crippen molar-refractivity contribution in [1.82, 2.24) is 14.9 Å². The molecular weight excluding hydrogens is 322 g/mol. The molecule has 0 aliphatic carbocycles. The third kappa shape index (κ3) is 3.33. The van der Waals surface area contributed by atoms with Gasteiger partial charge in [0, 0.05) is 36.1 Å². The Balaban J connectivity index is 1.84. The first-order chi connectivity index (χ1) is 11.6. The topological polar surface area (TPSA) is 58.2 Å². The number of nitrogens with one attached hydrogen (secondary N) is 1. The van der Waals surface area contributed by atoms with Crippen molar-refractivity contribution >= 4 is 17.2 Å². The van der Waals surface area contributed by atoms with E-state index in [1.165, 1.54) is 0 Å². The van der Waals surface area contributed by atoms with E-state index in [1.54, 1.807) is 36.6 Å². The van der Waals surface area contributed by atoms with Gasteiger partial charge in [0.25, 0.3) is 5.91 Å². The molecule has 0 saturated heterocycles. The Morgan fingerprint density at radius 1 is 1.38 bits per heavy atom. The number of carbonyl (C=O) groups is 1. The molecule has 1 amide bonds. The maximum absolute atomic E-state index is 12.8. The highest BCUT2D eigenvalue weighted by molar-refractivity contribution is 7.11.